The first-order valence-corrected chi connectivity index (χ1v) is 4.08. The Morgan fingerprint density at radius 1 is 1.50 bits per heavy atom. The third kappa shape index (κ3) is 7.22. The van der Waals surface area contributed by atoms with E-state index in [1.807, 2.05) is 0 Å². The second-order valence-electron chi connectivity index (χ2n) is 1.64. The predicted octanol–water partition coefficient (Wildman–Crippen LogP) is -0.744. The third-order valence-corrected chi connectivity index (χ3v) is 1.48. The highest BCUT2D eigenvalue weighted by atomic mass is 32.2. The minimum Gasteiger partial charge on any atom is -0.465 e. The van der Waals surface area contributed by atoms with Gasteiger partial charge in [0.2, 0.25) is 0 Å². The van der Waals surface area contributed by atoms with E-state index in [1.165, 1.54) is 0 Å². The van der Waals surface area contributed by atoms with Gasteiger partial charge < -0.3 is 10.4 Å². The molecule has 0 saturated carbocycles. The summed E-state index contributed by atoms with van der Waals surface area (Å²) in [6.45, 7) is 0.193. The van der Waals surface area contributed by atoms with Crippen LogP contribution in [0.3, 0.4) is 0 Å². The van der Waals surface area contributed by atoms with Crippen LogP contribution < -0.4 is 5.32 Å². The molecule has 0 aliphatic rings. The van der Waals surface area contributed by atoms with E-state index >= 15 is 0 Å². The quantitative estimate of drug-likeness (QED) is 0.380. The van der Waals surface area contributed by atoms with Crippen LogP contribution in [0.25, 0.3) is 0 Å². The Bertz CT molecular complexity index is 168. The van der Waals surface area contributed by atoms with Gasteiger partial charge in [-0.2, -0.15) is 0 Å². The molecule has 0 atom stereocenters. The second kappa shape index (κ2) is 5.04. The number of thiol groups is 1. The van der Waals surface area contributed by atoms with E-state index in [-0.39, 0.29) is 12.3 Å². The van der Waals surface area contributed by atoms with Crippen molar-refractivity contribution in [3.63, 3.8) is 0 Å². The Balaban J connectivity index is 3.13. The van der Waals surface area contributed by atoms with Crippen LogP contribution in [-0.2, 0) is 10.7 Å². The van der Waals surface area contributed by atoms with Crippen LogP contribution in [0.4, 0.5) is 4.79 Å². The first kappa shape index (κ1) is 9.22. The van der Waals surface area contributed by atoms with E-state index in [4.69, 9.17) is 5.11 Å². The molecular formula is C4H9NO4S. The predicted molar refractivity (Wildman–Crippen MR) is 35.8 cm³/mol. The zero-order valence-electron chi connectivity index (χ0n) is 5.24. The van der Waals surface area contributed by atoms with Crippen LogP contribution in [0.5, 0.6) is 0 Å². The first-order valence-electron chi connectivity index (χ1n) is 2.71. The summed E-state index contributed by atoms with van der Waals surface area (Å²) in [5.41, 5.74) is 0. The average molecular weight is 167 g/mol. The van der Waals surface area contributed by atoms with E-state index < -0.39 is 16.8 Å². The standard InChI is InChI=1S/C4H9NO4S/c6-4(7)5-2-1-3-10(8)9/h5,10H,1-3H2,(H,6,7). The molecule has 0 unspecified atom stereocenters. The molecule has 10 heavy (non-hydrogen) atoms. The number of hydrogen-bond donors (Lipinski definition) is 3. The van der Waals surface area contributed by atoms with Crippen molar-refractivity contribution in [2.75, 3.05) is 12.3 Å². The Hall–Kier alpha value is -0.780. The van der Waals surface area contributed by atoms with Crippen molar-refractivity contribution < 1.29 is 18.3 Å². The maximum Gasteiger partial charge on any atom is 0.404 e. The summed E-state index contributed by atoms with van der Waals surface area (Å²) in [6, 6.07) is 0. The zero-order valence-corrected chi connectivity index (χ0v) is 6.13. The molecule has 0 aliphatic carbocycles. The fourth-order valence-electron chi connectivity index (χ4n) is 0.403. The Morgan fingerprint density at radius 3 is 2.50 bits per heavy atom. The van der Waals surface area contributed by atoms with Crippen LogP contribution >= 0.6 is 0 Å². The highest BCUT2D eigenvalue weighted by Gasteiger charge is 1.92. The molecule has 0 bridgehead atoms. The summed E-state index contributed by atoms with van der Waals surface area (Å²) in [6.07, 6.45) is -0.786. The molecule has 0 radical (unpaired) electrons. The van der Waals surface area contributed by atoms with Crippen LogP contribution in [0.2, 0.25) is 0 Å². The molecule has 0 aliphatic heterocycles. The molecular weight excluding hydrogens is 158 g/mol. The highest BCUT2D eigenvalue weighted by molar-refractivity contribution is 7.72. The lowest BCUT2D eigenvalue weighted by molar-refractivity contribution is 0.194. The number of nitrogens with one attached hydrogen (secondary N) is 1. The zero-order chi connectivity index (χ0) is 7.98. The first-order chi connectivity index (χ1) is 4.63. The number of rotatable bonds is 4. The monoisotopic (exact) mass is 167 g/mol. The molecule has 0 rings (SSSR count). The normalized spacial score (nSPS) is 9.70. The SMILES string of the molecule is O=C(O)NCCC[SH](=O)=O. The van der Waals surface area contributed by atoms with Gasteiger partial charge in [-0.25, -0.2) is 13.2 Å². The average Bonchev–Trinajstić information content (AvgIpc) is 1.79. The van der Waals surface area contributed by atoms with Gasteiger partial charge in [-0.3, -0.25) is 0 Å². The molecule has 1 amide bonds. The van der Waals surface area contributed by atoms with Crippen molar-refractivity contribution in [3.05, 3.63) is 0 Å². The van der Waals surface area contributed by atoms with Gasteiger partial charge in [-0.1, -0.05) is 0 Å². The number of carbonyl (C=O) groups is 1. The fourth-order valence-corrected chi connectivity index (χ4v) is 0.820. The summed E-state index contributed by atoms with van der Waals surface area (Å²) in [5.74, 6) is 0.0373. The summed E-state index contributed by atoms with van der Waals surface area (Å²) in [4.78, 5) is 9.78. The van der Waals surface area contributed by atoms with Gasteiger partial charge in [0.05, 0.1) is 0 Å². The minimum atomic E-state index is -2.36. The molecule has 0 saturated heterocycles. The molecule has 6 heteroatoms. The van der Waals surface area contributed by atoms with Gasteiger partial charge in [-0.15, -0.1) is 0 Å². The molecule has 0 aromatic rings. The van der Waals surface area contributed by atoms with Crippen molar-refractivity contribution in [1.29, 1.82) is 0 Å². The topological polar surface area (TPSA) is 83.5 Å². The summed E-state index contributed by atoms with van der Waals surface area (Å²) in [5, 5.41) is 10.1. The molecule has 0 aromatic heterocycles. The van der Waals surface area contributed by atoms with Crippen molar-refractivity contribution in [2.45, 2.75) is 6.42 Å². The summed E-state index contributed by atoms with van der Waals surface area (Å²) in [7, 11) is -2.36. The summed E-state index contributed by atoms with van der Waals surface area (Å²) >= 11 is 0. The van der Waals surface area contributed by atoms with Gasteiger partial charge in [0.15, 0.2) is 0 Å². The Labute approximate surface area is 60.0 Å². The van der Waals surface area contributed by atoms with Gasteiger partial charge in [-0.05, 0) is 6.42 Å². The largest absolute Gasteiger partial charge is 0.465 e. The molecule has 60 valence electrons. The van der Waals surface area contributed by atoms with Gasteiger partial charge in [0, 0.05) is 12.3 Å². The van der Waals surface area contributed by atoms with Crippen molar-refractivity contribution in [1.82, 2.24) is 5.32 Å². The number of carboxylic acid groups (broad SMARTS) is 1. The van der Waals surface area contributed by atoms with Crippen molar-refractivity contribution in [2.24, 2.45) is 0 Å². The van der Waals surface area contributed by atoms with Gasteiger partial charge >= 0.3 is 6.09 Å². The summed E-state index contributed by atoms with van der Waals surface area (Å²) < 4.78 is 19.8. The molecule has 0 fully saturated rings. The molecule has 0 aromatic carbocycles. The Morgan fingerprint density at radius 2 is 2.10 bits per heavy atom. The van der Waals surface area contributed by atoms with E-state index in [0.29, 0.717) is 6.42 Å². The van der Waals surface area contributed by atoms with Crippen LogP contribution in [0.1, 0.15) is 6.42 Å². The molecule has 2 N–H and O–H groups in total. The number of amides is 1. The van der Waals surface area contributed by atoms with Gasteiger partial charge in [0.1, 0.15) is 10.7 Å². The van der Waals surface area contributed by atoms with E-state index in [0.717, 1.165) is 0 Å². The lowest BCUT2D eigenvalue weighted by Gasteiger charge is -1.94. The fraction of sp³-hybridized carbons (Fsp3) is 0.750. The van der Waals surface area contributed by atoms with E-state index in [9.17, 15) is 13.2 Å². The Kier molecular flexibility index (Phi) is 4.65. The van der Waals surface area contributed by atoms with Crippen molar-refractivity contribution >= 4 is 16.8 Å². The van der Waals surface area contributed by atoms with Crippen LogP contribution in [0.15, 0.2) is 0 Å². The van der Waals surface area contributed by atoms with Crippen LogP contribution in [0, 0.1) is 0 Å². The molecule has 5 nitrogen and oxygen atoms in total. The lowest BCUT2D eigenvalue weighted by Crippen LogP contribution is -2.22. The maximum absolute atomic E-state index is 9.91. The second-order valence-corrected chi connectivity index (χ2v) is 2.75. The van der Waals surface area contributed by atoms with E-state index in [2.05, 4.69) is 5.32 Å². The van der Waals surface area contributed by atoms with Crippen LogP contribution in [-0.4, -0.2) is 31.9 Å². The number of hydrogen-bond acceptors (Lipinski definition) is 3. The smallest absolute Gasteiger partial charge is 0.404 e. The molecule has 0 spiro atoms. The maximum atomic E-state index is 9.91. The van der Waals surface area contributed by atoms with E-state index in [1.54, 1.807) is 0 Å². The highest BCUT2D eigenvalue weighted by Crippen LogP contribution is 1.76. The lowest BCUT2D eigenvalue weighted by atomic mass is 10.5. The van der Waals surface area contributed by atoms with Gasteiger partial charge in [0.25, 0.3) is 0 Å². The van der Waals surface area contributed by atoms with Crippen molar-refractivity contribution in [3.8, 4) is 0 Å². The third-order valence-electron chi connectivity index (χ3n) is 0.794. The minimum absolute atomic E-state index is 0.0373. The molecule has 0 heterocycles.